The molecule has 1 aliphatic heterocycles. The molecule has 6 heteroatoms. The topological polar surface area (TPSA) is 51.4 Å². The molecule has 1 saturated heterocycles. The molecule has 28 heavy (non-hydrogen) atoms. The van der Waals surface area contributed by atoms with Gasteiger partial charge in [-0.15, -0.1) is 11.3 Å². The maximum absolute atomic E-state index is 12.8. The van der Waals surface area contributed by atoms with Gasteiger partial charge in [-0.05, 0) is 37.0 Å². The summed E-state index contributed by atoms with van der Waals surface area (Å²) in [5.41, 5.74) is 3.27. The summed E-state index contributed by atoms with van der Waals surface area (Å²) < 4.78 is 0. The predicted octanol–water partition coefficient (Wildman–Crippen LogP) is 3.19. The lowest BCUT2D eigenvalue weighted by atomic mass is 10.1. The van der Waals surface area contributed by atoms with E-state index in [4.69, 9.17) is 0 Å². The van der Waals surface area contributed by atoms with Crippen molar-refractivity contribution in [3.05, 3.63) is 57.9 Å². The van der Waals surface area contributed by atoms with Crippen molar-refractivity contribution in [3.8, 4) is 0 Å². The van der Waals surface area contributed by atoms with E-state index in [2.05, 4.69) is 56.8 Å². The fourth-order valence-corrected chi connectivity index (χ4v) is 4.88. The minimum Gasteiger partial charge on any atom is -0.358 e. The summed E-state index contributed by atoms with van der Waals surface area (Å²) in [4.78, 5) is 22.3. The van der Waals surface area contributed by atoms with Crippen molar-refractivity contribution < 1.29 is 4.79 Å². The van der Waals surface area contributed by atoms with E-state index < -0.39 is 0 Å². The summed E-state index contributed by atoms with van der Waals surface area (Å²) in [5.74, 6) is 0.0866. The average molecular weight is 397 g/mol. The Labute approximate surface area is 170 Å². The number of fused-ring (bicyclic) bond motifs is 1. The fourth-order valence-electron chi connectivity index (χ4n) is 4.02. The van der Waals surface area contributed by atoms with Gasteiger partial charge in [0.15, 0.2) is 0 Å². The van der Waals surface area contributed by atoms with Gasteiger partial charge in [0.2, 0.25) is 5.91 Å². The number of aromatic amines is 1. The fraction of sp³-hybridized carbons (Fsp3) is 0.409. The van der Waals surface area contributed by atoms with Crippen molar-refractivity contribution in [2.45, 2.75) is 19.4 Å². The molecule has 3 heterocycles. The molecule has 0 radical (unpaired) electrons. The second kappa shape index (κ2) is 8.47. The van der Waals surface area contributed by atoms with Crippen LogP contribution in [0.4, 0.5) is 0 Å². The minimum absolute atomic E-state index is 0.0866. The number of aryl methyl sites for hydroxylation is 1. The standard InChI is InChI=1S/C22H28N4OS/c1-16-18(17-6-3-4-7-19(17)24-16)14-22(27)23-15-20(21-8-5-13-28-21)26-11-9-25(2)10-12-26/h3-8,13,20,24H,9-12,14-15H2,1-2H3,(H,23,27)/t20-/m1/s1. The average Bonchev–Trinajstić information content (AvgIpc) is 3.32. The molecular formula is C22H28N4OS. The van der Waals surface area contributed by atoms with Crippen LogP contribution in [0.3, 0.4) is 0 Å². The second-order valence-corrected chi connectivity index (χ2v) is 8.60. The van der Waals surface area contributed by atoms with Gasteiger partial charge in [-0.3, -0.25) is 9.69 Å². The minimum atomic E-state index is 0.0866. The lowest BCUT2D eigenvalue weighted by Gasteiger charge is -2.37. The number of nitrogens with one attached hydrogen (secondary N) is 2. The SMILES string of the molecule is Cc1[nH]c2ccccc2c1CC(=O)NC[C@H](c1cccs1)N1CCN(C)CC1. The molecule has 2 aromatic heterocycles. The number of thiophene rings is 1. The molecule has 0 bridgehead atoms. The molecule has 4 rings (SSSR count). The Morgan fingerprint density at radius 3 is 2.71 bits per heavy atom. The molecule has 5 nitrogen and oxygen atoms in total. The normalized spacial score (nSPS) is 17.1. The molecular weight excluding hydrogens is 368 g/mol. The van der Waals surface area contributed by atoms with Crippen molar-refractivity contribution in [1.29, 1.82) is 0 Å². The highest BCUT2D eigenvalue weighted by atomic mass is 32.1. The summed E-state index contributed by atoms with van der Waals surface area (Å²) in [6.45, 7) is 6.92. The third-order valence-corrected chi connectivity index (χ3v) is 6.68. The second-order valence-electron chi connectivity index (χ2n) is 7.63. The molecule has 0 saturated carbocycles. The maximum Gasteiger partial charge on any atom is 0.224 e. The summed E-state index contributed by atoms with van der Waals surface area (Å²) in [7, 11) is 2.17. The number of amides is 1. The van der Waals surface area contributed by atoms with Gasteiger partial charge in [0, 0.05) is 54.2 Å². The van der Waals surface area contributed by atoms with Crippen molar-refractivity contribution in [2.75, 3.05) is 39.8 Å². The van der Waals surface area contributed by atoms with Gasteiger partial charge in [0.25, 0.3) is 0 Å². The van der Waals surface area contributed by atoms with Crippen molar-refractivity contribution in [2.24, 2.45) is 0 Å². The lowest BCUT2D eigenvalue weighted by Crippen LogP contribution is -2.48. The third-order valence-electron chi connectivity index (χ3n) is 5.71. The van der Waals surface area contributed by atoms with E-state index >= 15 is 0 Å². The van der Waals surface area contributed by atoms with E-state index in [1.54, 1.807) is 11.3 Å². The summed E-state index contributed by atoms with van der Waals surface area (Å²) in [6, 6.07) is 12.7. The molecule has 0 aliphatic carbocycles. The van der Waals surface area contributed by atoms with Crippen LogP contribution in [-0.2, 0) is 11.2 Å². The molecule has 3 aromatic rings. The number of carbonyl (C=O) groups excluding carboxylic acids is 1. The van der Waals surface area contributed by atoms with Gasteiger partial charge in [0.05, 0.1) is 12.5 Å². The number of hydrogen-bond acceptors (Lipinski definition) is 4. The molecule has 148 valence electrons. The first-order valence-corrected chi connectivity index (χ1v) is 10.8. The highest BCUT2D eigenvalue weighted by Crippen LogP contribution is 2.26. The molecule has 1 aliphatic rings. The molecule has 1 atom stereocenters. The van der Waals surface area contributed by atoms with Crippen LogP contribution >= 0.6 is 11.3 Å². The Morgan fingerprint density at radius 1 is 1.18 bits per heavy atom. The van der Waals surface area contributed by atoms with Crippen molar-refractivity contribution in [1.82, 2.24) is 20.1 Å². The molecule has 2 N–H and O–H groups in total. The summed E-state index contributed by atoms with van der Waals surface area (Å²) in [6.07, 6.45) is 0.412. The van der Waals surface area contributed by atoms with E-state index in [-0.39, 0.29) is 11.9 Å². The van der Waals surface area contributed by atoms with E-state index in [1.165, 1.54) is 4.88 Å². The zero-order chi connectivity index (χ0) is 19.5. The van der Waals surface area contributed by atoms with Crippen LogP contribution in [0.15, 0.2) is 41.8 Å². The maximum atomic E-state index is 12.8. The Kier molecular flexibility index (Phi) is 5.80. The van der Waals surface area contributed by atoms with Crippen LogP contribution in [0.5, 0.6) is 0 Å². The highest BCUT2D eigenvalue weighted by Gasteiger charge is 2.25. The number of benzene rings is 1. The number of para-hydroxylation sites is 1. The van der Waals surface area contributed by atoms with E-state index in [0.29, 0.717) is 13.0 Å². The van der Waals surface area contributed by atoms with Crippen LogP contribution in [0.25, 0.3) is 10.9 Å². The number of likely N-dealkylation sites (N-methyl/N-ethyl adjacent to an activating group) is 1. The van der Waals surface area contributed by atoms with Crippen molar-refractivity contribution in [3.63, 3.8) is 0 Å². The number of carbonyl (C=O) groups is 1. The largest absolute Gasteiger partial charge is 0.358 e. The van der Waals surface area contributed by atoms with Crippen molar-refractivity contribution >= 4 is 28.1 Å². The number of hydrogen-bond donors (Lipinski definition) is 2. The highest BCUT2D eigenvalue weighted by molar-refractivity contribution is 7.10. The number of nitrogens with zero attached hydrogens (tertiary/aromatic N) is 2. The number of H-pyrrole nitrogens is 1. The first kappa shape index (κ1) is 19.2. The Morgan fingerprint density at radius 2 is 1.96 bits per heavy atom. The van der Waals surface area contributed by atoms with E-state index in [9.17, 15) is 4.79 Å². The monoisotopic (exact) mass is 396 g/mol. The van der Waals surface area contributed by atoms with Crippen LogP contribution < -0.4 is 5.32 Å². The van der Waals surface area contributed by atoms with Crippen LogP contribution in [0.2, 0.25) is 0 Å². The number of rotatable bonds is 6. The van der Waals surface area contributed by atoms with Gasteiger partial charge in [-0.2, -0.15) is 0 Å². The van der Waals surface area contributed by atoms with Gasteiger partial charge >= 0.3 is 0 Å². The smallest absolute Gasteiger partial charge is 0.224 e. The van der Waals surface area contributed by atoms with Gasteiger partial charge in [-0.1, -0.05) is 24.3 Å². The number of piperazine rings is 1. The first-order valence-electron chi connectivity index (χ1n) is 9.90. The van der Waals surface area contributed by atoms with Gasteiger partial charge in [0.1, 0.15) is 0 Å². The first-order chi connectivity index (χ1) is 13.6. The van der Waals surface area contributed by atoms with Crippen LogP contribution in [0.1, 0.15) is 22.2 Å². The number of aromatic nitrogens is 1. The molecule has 0 spiro atoms. The molecule has 1 fully saturated rings. The Hall–Kier alpha value is -2.15. The quantitative estimate of drug-likeness (QED) is 0.673. The lowest BCUT2D eigenvalue weighted by molar-refractivity contribution is -0.120. The molecule has 0 unspecified atom stereocenters. The zero-order valence-corrected chi connectivity index (χ0v) is 17.4. The van der Waals surface area contributed by atoms with Gasteiger partial charge < -0.3 is 15.2 Å². The molecule has 1 amide bonds. The zero-order valence-electron chi connectivity index (χ0n) is 16.6. The third kappa shape index (κ3) is 4.14. The van der Waals surface area contributed by atoms with Crippen LogP contribution in [0, 0.1) is 6.92 Å². The summed E-state index contributed by atoms with van der Waals surface area (Å²) in [5, 5.41) is 6.47. The van der Waals surface area contributed by atoms with Gasteiger partial charge in [-0.25, -0.2) is 0 Å². The van der Waals surface area contributed by atoms with Crippen LogP contribution in [-0.4, -0.2) is 60.5 Å². The van der Waals surface area contributed by atoms with E-state index in [1.807, 2.05) is 19.1 Å². The Bertz CT molecular complexity index is 925. The predicted molar refractivity (Wildman–Crippen MR) is 116 cm³/mol. The van der Waals surface area contributed by atoms with E-state index in [0.717, 1.165) is 48.3 Å². The summed E-state index contributed by atoms with van der Waals surface area (Å²) >= 11 is 1.78. The molecule has 1 aromatic carbocycles. The Balaban J connectivity index is 1.43.